The Morgan fingerprint density at radius 1 is 1.10 bits per heavy atom. The van der Waals surface area contributed by atoms with Crippen LogP contribution >= 0.6 is 0 Å². The molecule has 3 aliphatic rings. The maximum absolute atomic E-state index is 14.4. The first kappa shape index (κ1) is 28.6. The smallest absolute Gasteiger partial charge is 0.203 e. The molecule has 1 fully saturated rings. The van der Waals surface area contributed by atoms with Crippen molar-refractivity contribution < 1.29 is 34.8 Å². The number of Topliss-reactive ketones (excluding diaryl/α,β-unsaturated/α-hetero) is 3. The third kappa shape index (κ3) is 3.58. The number of aromatic hydroxyl groups is 1. The number of phenolic OH excluding ortho intramolecular Hbond substituents is 1. The highest BCUT2D eigenvalue weighted by atomic mass is 16.3. The highest BCUT2D eigenvalue weighted by Crippen LogP contribution is 2.65. The zero-order chi connectivity index (χ0) is 30.4. The van der Waals surface area contributed by atoms with Gasteiger partial charge in [0.05, 0.1) is 5.56 Å². The van der Waals surface area contributed by atoms with E-state index in [1.54, 1.807) is 39.8 Å². The van der Waals surface area contributed by atoms with Crippen LogP contribution in [-0.2, 0) is 20.8 Å². The fraction of sp³-hybridized carbons (Fsp3) is 0.382. The number of hydrogen-bond donors (Lipinski definition) is 4. The summed E-state index contributed by atoms with van der Waals surface area (Å²) in [6, 6.07) is 9.10. The van der Waals surface area contributed by atoms with Gasteiger partial charge in [0.2, 0.25) is 5.78 Å². The lowest BCUT2D eigenvalue weighted by atomic mass is 9.43. The van der Waals surface area contributed by atoms with Gasteiger partial charge in [0.15, 0.2) is 17.2 Å². The average Bonchev–Trinajstić information content (AvgIpc) is 2.86. The fourth-order valence-electron chi connectivity index (χ4n) is 8.02. The van der Waals surface area contributed by atoms with Crippen LogP contribution in [0.2, 0.25) is 0 Å². The molecule has 0 bridgehead atoms. The molecule has 0 radical (unpaired) electrons. The van der Waals surface area contributed by atoms with Crippen LogP contribution < -0.4 is 0 Å². The van der Waals surface area contributed by atoms with Crippen LogP contribution in [0.15, 0.2) is 53.8 Å². The number of aryl methyl sites for hydroxylation is 1. The summed E-state index contributed by atoms with van der Waals surface area (Å²) in [7, 11) is 0. The predicted molar refractivity (Wildman–Crippen MR) is 156 cm³/mol. The van der Waals surface area contributed by atoms with Gasteiger partial charge in [-0.25, -0.2) is 0 Å². The van der Waals surface area contributed by atoms with Crippen molar-refractivity contribution in [2.45, 2.75) is 60.0 Å². The Morgan fingerprint density at radius 3 is 2.34 bits per heavy atom. The van der Waals surface area contributed by atoms with Gasteiger partial charge in [0, 0.05) is 22.3 Å². The third-order valence-corrected chi connectivity index (χ3v) is 9.70. The van der Waals surface area contributed by atoms with Crippen molar-refractivity contribution in [1.29, 1.82) is 0 Å². The molecule has 0 amide bonds. The summed E-state index contributed by atoms with van der Waals surface area (Å²) in [5.41, 5.74) is -1.64. The molecule has 5 rings (SSSR count). The van der Waals surface area contributed by atoms with Crippen molar-refractivity contribution in [3.8, 4) is 16.9 Å². The van der Waals surface area contributed by atoms with E-state index < -0.39 is 56.8 Å². The summed E-state index contributed by atoms with van der Waals surface area (Å²) in [6.45, 7) is 13.9. The van der Waals surface area contributed by atoms with E-state index in [1.165, 1.54) is 6.07 Å². The molecule has 0 aliphatic heterocycles. The second-order valence-corrected chi connectivity index (χ2v) is 12.7. The molecule has 7 heteroatoms. The van der Waals surface area contributed by atoms with E-state index in [-0.39, 0.29) is 35.6 Å². The molecule has 4 atom stereocenters. The summed E-state index contributed by atoms with van der Waals surface area (Å²) in [5, 5.41) is 46.1. The number of allylic oxidation sites excluding steroid dienone is 1. The molecule has 1 unspecified atom stereocenters. The Hall–Kier alpha value is -3.97. The van der Waals surface area contributed by atoms with Gasteiger partial charge in [-0.3, -0.25) is 14.4 Å². The lowest BCUT2D eigenvalue weighted by molar-refractivity contribution is -0.178. The molecule has 214 valence electrons. The van der Waals surface area contributed by atoms with Gasteiger partial charge in [0.25, 0.3) is 0 Å². The highest BCUT2D eigenvalue weighted by Gasteiger charge is 2.72. The number of phenols is 1. The van der Waals surface area contributed by atoms with Gasteiger partial charge >= 0.3 is 0 Å². The monoisotopic (exact) mass is 556 g/mol. The number of ketones is 3. The molecule has 4 N–H and O–H groups in total. The minimum Gasteiger partial charge on any atom is -0.508 e. The number of fused-ring (bicyclic) bond motifs is 3. The average molecular weight is 557 g/mol. The Labute approximate surface area is 239 Å². The number of aliphatic hydroxyl groups excluding tert-OH is 2. The largest absolute Gasteiger partial charge is 0.508 e. The van der Waals surface area contributed by atoms with E-state index in [2.05, 4.69) is 6.58 Å². The van der Waals surface area contributed by atoms with Crippen molar-refractivity contribution >= 4 is 29.2 Å². The second kappa shape index (κ2) is 9.02. The molecular weight excluding hydrogens is 520 g/mol. The minimum absolute atomic E-state index is 0.0474. The first-order chi connectivity index (χ1) is 19.0. The highest BCUT2D eigenvalue weighted by molar-refractivity contribution is 6.24. The number of aliphatic hydroxyl groups is 3. The quantitative estimate of drug-likeness (QED) is 0.350. The van der Waals surface area contributed by atoms with Crippen molar-refractivity contribution in [2.75, 3.05) is 0 Å². The molecule has 0 spiro atoms. The van der Waals surface area contributed by atoms with Crippen molar-refractivity contribution in [1.82, 2.24) is 0 Å². The topological polar surface area (TPSA) is 132 Å². The van der Waals surface area contributed by atoms with Crippen LogP contribution in [0, 0.1) is 29.6 Å². The van der Waals surface area contributed by atoms with Gasteiger partial charge in [-0.05, 0) is 72.6 Å². The lowest BCUT2D eigenvalue weighted by Crippen LogP contribution is -2.69. The second-order valence-electron chi connectivity index (χ2n) is 12.7. The summed E-state index contributed by atoms with van der Waals surface area (Å²) in [4.78, 5) is 40.6. The van der Waals surface area contributed by atoms with Crippen LogP contribution in [0.4, 0.5) is 0 Å². The molecule has 41 heavy (non-hydrogen) atoms. The summed E-state index contributed by atoms with van der Waals surface area (Å²) < 4.78 is 0. The predicted octanol–water partition coefficient (Wildman–Crippen LogP) is 5.81. The summed E-state index contributed by atoms with van der Waals surface area (Å²) in [5.74, 6) is -5.34. The molecule has 0 aromatic heterocycles. The van der Waals surface area contributed by atoms with E-state index in [9.17, 15) is 34.8 Å². The molecular formula is C34H36O7. The number of rotatable bonds is 4. The van der Waals surface area contributed by atoms with Crippen LogP contribution in [0.5, 0.6) is 5.75 Å². The molecule has 2 aromatic rings. The maximum atomic E-state index is 14.4. The molecule has 0 saturated heterocycles. The Balaban J connectivity index is 1.82. The Morgan fingerprint density at radius 2 is 1.76 bits per heavy atom. The van der Waals surface area contributed by atoms with Crippen molar-refractivity contribution in [3.05, 3.63) is 76.1 Å². The third-order valence-electron chi connectivity index (χ3n) is 9.70. The van der Waals surface area contributed by atoms with Gasteiger partial charge in [0.1, 0.15) is 22.8 Å². The van der Waals surface area contributed by atoms with Crippen LogP contribution in [-0.4, -0.2) is 43.4 Å². The van der Waals surface area contributed by atoms with Gasteiger partial charge in [-0.15, -0.1) is 0 Å². The van der Waals surface area contributed by atoms with E-state index in [1.807, 2.05) is 25.1 Å². The minimum atomic E-state index is -2.62. The maximum Gasteiger partial charge on any atom is 0.203 e. The van der Waals surface area contributed by atoms with Crippen LogP contribution in [0.3, 0.4) is 0 Å². The normalized spacial score (nSPS) is 29.3. The van der Waals surface area contributed by atoms with E-state index in [0.717, 1.165) is 29.2 Å². The first-order valence-electron chi connectivity index (χ1n) is 13.8. The van der Waals surface area contributed by atoms with Gasteiger partial charge in [-0.1, -0.05) is 58.5 Å². The van der Waals surface area contributed by atoms with Crippen molar-refractivity contribution in [3.63, 3.8) is 0 Å². The number of carbonyl (C=O) groups is 3. The van der Waals surface area contributed by atoms with E-state index in [4.69, 9.17) is 0 Å². The zero-order valence-electron chi connectivity index (χ0n) is 24.3. The van der Waals surface area contributed by atoms with Crippen LogP contribution in [0.1, 0.15) is 63.3 Å². The Bertz CT molecular complexity index is 1640. The van der Waals surface area contributed by atoms with Crippen molar-refractivity contribution in [2.24, 2.45) is 22.7 Å². The number of carbonyl (C=O) groups excluding carboxylic acids is 3. The standard InChI is InChI=1S/C34H36O7/c1-8-19-13-20(10-9-17(19)4)21-11-12-23(36)25-22(21)14-32(6)15-33(7)26(16(2)3)28(37)24(18(5)35)30(39)34(33,41)31(40)27(32)29(25)38/h8-13,16,26,36,38-39,41H,1,14-15H2,2-7H3/t26?,32-,33-,34+/m1/s1. The van der Waals surface area contributed by atoms with E-state index >= 15 is 0 Å². The Kier molecular flexibility index (Phi) is 6.28. The SMILES string of the molecule is C=Cc1cc(-c2ccc(O)c3c2C[C@]2(C)C[C@]4(C)C(C(C)C)C(=O)C(C(C)=O)=C(O)[C@]4(O)C(=O)C2=C3O)ccc1C. The molecule has 7 nitrogen and oxygen atoms in total. The first-order valence-corrected chi connectivity index (χ1v) is 13.8. The number of hydrogen-bond acceptors (Lipinski definition) is 7. The summed E-state index contributed by atoms with van der Waals surface area (Å²) in [6.07, 6.45) is 2.01. The lowest BCUT2D eigenvalue weighted by Gasteiger charge is -2.59. The number of benzene rings is 2. The molecule has 0 heterocycles. The molecule has 2 aromatic carbocycles. The van der Waals surface area contributed by atoms with E-state index in [0.29, 0.717) is 5.56 Å². The zero-order valence-corrected chi connectivity index (χ0v) is 24.3. The van der Waals surface area contributed by atoms with Gasteiger partial charge in [-0.2, -0.15) is 0 Å². The summed E-state index contributed by atoms with van der Waals surface area (Å²) >= 11 is 0. The fourth-order valence-corrected chi connectivity index (χ4v) is 8.02. The molecule has 3 aliphatic carbocycles. The molecule has 1 saturated carbocycles. The van der Waals surface area contributed by atoms with Gasteiger partial charge < -0.3 is 20.4 Å². The van der Waals surface area contributed by atoms with Crippen LogP contribution in [0.25, 0.3) is 23.0 Å².